The molecule has 0 saturated carbocycles. The molecule has 0 radical (unpaired) electrons. The number of hydrogen-bond acceptors (Lipinski definition) is 4. The fourth-order valence-electron chi connectivity index (χ4n) is 2.15. The highest BCUT2D eigenvalue weighted by atomic mass is 32.2. The van der Waals surface area contributed by atoms with Crippen LogP contribution < -0.4 is 11.1 Å². The first-order valence-electron chi connectivity index (χ1n) is 6.93. The van der Waals surface area contributed by atoms with Crippen LogP contribution in [0.3, 0.4) is 0 Å². The quantitative estimate of drug-likeness (QED) is 0.895. The standard InChI is InChI=1S/C15H21N3OS/c1-3-15(4-2)9-17-14(20-10-15)18-12-7-5-11(6-8-12)13(16)19/h5-8H,3-4,9-10H2,1-2H3,(H2,16,19)(H,17,18). The number of rotatable bonds is 4. The fraction of sp³-hybridized carbons (Fsp3) is 0.467. The van der Waals surface area contributed by atoms with Crippen molar-refractivity contribution in [3.8, 4) is 0 Å². The molecule has 0 aromatic heterocycles. The topological polar surface area (TPSA) is 67.5 Å². The van der Waals surface area contributed by atoms with E-state index in [0.29, 0.717) is 11.0 Å². The zero-order valence-electron chi connectivity index (χ0n) is 12.0. The number of nitrogens with two attached hydrogens (primary N) is 1. The normalized spacial score (nSPS) is 17.4. The van der Waals surface area contributed by atoms with Crippen molar-refractivity contribution in [3.05, 3.63) is 29.8 Å². The number of carbonyl (C=O) groups is 1. The minimum Gasteiger partial charge on any atom is -0.366 e. The third kappa shape index (κ3) is 3.33. The number of nitrogens with one attached hydrogen (secondary N) is 1. The lowest BCUT2D eigenvalue weighted by Gasteiger charge is -2.33. The van der Waals surface area contributed by atoms with Crippen molar-refractivity contribution in [2.75, 3.05) is 17.6 Å². The second-order valence-corrected chi connectivity index (χ2v) is 6.15. The van der Waals surface area contributed by atoms with Gasteiger partial charge in [0.2, 0.25) is 5.91 Å². The minimum absolute atomic E-state index is 0.353. The summed E-state index contributed by atoms with van der Waals surface area (Å²) >= 11 is 1.77. The van der Waals surface area contributed by atoms with Crippen molar-refractivity contribution in [1.29, 1.82) is 0 Å². The van der Waals surface area contributed by atoms with E-state index in [-0.39, 0.29) is 0 Å². The molecule has 1 aromatic rings. The maximum atomic E-state index is 11.0. The minimum atomic E-state index is -0.406. The van der Waals surface area contributed by atoms with E-state index in [0.717, 1.165) is 23.2 Å². The van der Waals surface area contributed by atoms with Gasteiger partial charge in [-0.3, -0.25) is 9.79 Å². The van der Waals surface area contributed by atoms with Gasteiger partial charge in [-0.1, -0.05) is 25.6 Å². The van der Waals surface area contributed by atoms with Gasteiger partial charge < -0.3 is 11.1 Å². The molecule has 1 heterocycles. The van der Waals surface area contributed by atoms with Gasteiger partial charge in [-0.05, 0) is 42.5 Å². The van der Waals surface area contributed by atoms with Crippen molar-refractivity contribution < 1.29 is 4.79 Å². The highest BCUT2D eigenvalue weighted by Crippen LogP contribution is 2.35. The molecule has 108 valence electrons. The summed E-state index contributed by atoms with van der Waals surface area (Å²) in [5, 5.41) is 4.25. The van der Waals surface area contributed by atoms with E-state index in [1.54, 1.807) is 23.9 Å². The SMILES string of the molecule is CCC1(CC)CN=C(Nc2ccc(C(N)=O)cc2)SC1. The first-order valence-corrected chi connectivity index (χ1v) is 7.91. The molecule has 0 unspecified atom stereocenters. The molecule has 20 heavy (non-hydrogen) atoms. The van der Waals surface area contributed by atoms with E-state index in [2.05, 4.69) is 24.2 Å². The number of benzene rings is 1. The summed E-state index contributed by atoms with van der Waals surface area (Å²) in [6.45, 7) is 5.36. The number of aliphatic imine (C=N–C) groups is 1. The Bertz CT molecular complexity index is 506. The van der Waals surface area contributed by atoms with E-state index in [9.17, 15) is 4.79 Å². The van der Waals surface area contributed by atoms with Crippen LogP contribution in [0.5, 0.6) is 0 Å². The lowest BCUT2D eigenvalue weighted by Crippen LogP contribution is -2.32. The predicted molar refractivity (Wildman–Crippen MR) is 86.4 cm³/mol. The summed E-state index contributed by atoms with van der Waals surface area (Å²) in [5.74, 6) is 0.696. The number of thioether (sulfide) groups is 1. The molecular formula is C15H21N3OS. The Morgan fingerprint density at radius 3 is 2.45 bits per heavy atom. The maximum Gasteiger partial charge on any atom is 0.248 e. The van der Waals surface area contributed by atoms with Crippen LogP contribution in [0.4, 0.5) is 5.69 Å². The van der Waals surface area contributed by atoms with Crippen molar-refractivity contribution in [1.82, 2.24) is 0 Å². The van der Waals surface area contributed by atoms with Crippen LogP contribution >= 0.6 is 11.8 Å². The number of carbonyl (C=O) groups excluding carboxylic acids is 1. The largest absolute Gasteiger partial charge is 0.366 e. The van der Waals surface area contributed by atoms with E-state index >= 15 is 0 Å². The van der Waals surface area contributed by atoms with Crippen LogP contribution in [0.2, 0.25) is 0 Å². The third-order valence-electron chi connectivity index (χ3n) is 3.99. The summed E-state index contributed by atoms with van der Waals surface area (Å²) in [6.07, 6.45) is 2.33. The second kappa shape index (κ2) is 6.31. The number of amides is 1. The van der Waals surface area contributed by atoms with E-state index in [1.807, 2.05) is 12.1 Å². The molecule has 0 bridgehead atoms. The highest BCUT2D eigenvalue weighted by Gasteiger charge is 2.30. The molecule has 0 atom stereocenters. The molecule has 4 nitrogen and oxygen atoms in total. The first-order chi connectivity index (χ1) is 9.58. The second-order valence-electron chi connectivity index (χ2n) is 5.18. The zero-order chi connectivity index (χ0) is 14.6. The summed E-state index contributed by atoms with van der Waals surface area (Å²) in [5.41, 5.74) is 7.02. The van der Waals surface area contributed by atoms with Gasteiger partial charge in [-0.15, -0.1) is 0 Å². The average Bonchev–Trinajstić information content (AvgIpc) is 2.49. The number of anilines is 1. The van der Waals surface area contributed by atoms with Gasteiger partial charge in [-0.25, -0.2) is 0 Å². The molecule has 2 rings (SSSR count). The lowest BCUT2D eigenvalue weighted by molar-refractivity contribution is 0.100. The number of primary amides is 1. The number of amidine groups is 1. The van der Waals surface area contributed by atoms with Crippen molar-refractivity contribution >= 4 is 28.5 Å². The van der Waals surface area contributed by atoms with Gasteiger partial charge >= 0.3 is 0 Å². The van der Waals surface area contributed by atoms with Gasteiger partial charge in [0, 0.05) is 23.5 Å². The van der Waals surface area contributed by atoms with Gasteiger partial charge in [0.25, 0.3) is 0 Å². The predicted octanol–water partition coefficient (Wildman–Crippen LogP) is 3.11. The lowest BCUT2D eigenvalue weighted by atomic mass is 9.84. The van der Waals surface area contributed by atoms with E-state index in [1.165, 1.54) is 12.8 Å². The zero-order valence-corrected chi connectivity index (χ0v) is 12.8. The summed E-state index contributed by atoms with van der Waals surface area (Å²) in [4.78, 5) is 15.7. The molecule has 0 spiro atoms. The molecule has 0 fully saturated rings. The molecular weight excluding hydrogens is 270 g/mol. The van der Waals surface area contributed by atoms with E-state index < -0.39 is 5.91 Å². The van der Waals surface area contributed by atoms with Crippen molar-refractivity contribution in [3.63, 3.8) is 0 Å². The smallest absolute Gasteiger partial charge is 0.248 e. The van der Waals surface area contributed by atoms with Crippen LogP contribution in [0.15, 0.2) is 29.3 Å². The average molecular weight is 291 g/mol. The first kappa shape index (κ1) is 14.9. The third-order valence-corrected chi connectivity index (χ3v) is 5.26. The molecule has 3 N–H and O–H groups in total. The van der Waals surface area contributed by atoms with Gasteiger partial charge in [0.1, 0.15) is 0 Å². The highest BCUT2D eigenvalue weighted by molar-refractivity contribution is 8.14. The summed E-state index contributed by atoms with van der Waals surface area (Å²) in [6, 6.07) is 7.15. The van der Waals surface area contributed by atoms with Crippen LogP contribution in [-0.2, 0) is 0 Å². The Morgan fingerprint density at radius 1 is 1.35 bits per heavy atom. The van der Waals surface area contributed by atoms with Crippen molar-refractivity contribution in [2.24, 2.45) is 16.1 Å². The van der Waals surface area contributed by atoms with Crippen LogP contribution in [0.1, 0.15) is 37.0 Å². The molecule has 0 saturated heterocycles. The van der Waals surface area contributed by atoms with Crippen molar-refractivity contribution in [2.45, 2.75) is 26.7 Å². The van der Waals surface area contributed by atoms with Crippen LogP contribution in [0.25, 0.3) is 0 Å². The molecule has 1 aliphatic heterocycles. The Labute approximate surface area is 124 Å². The van der Waals surface area contributed by atoms with Crippen LogP contribution in [-0.4, -0.2) is 23.4 Å². The Balaban J connectivity index is 2.01. The molecule has 5 heteroatoms. The van der Waals surface area contributed by atoms with E-state index in [4.69, 9.17) is 5.73 Å². The maximum absolute atomic E-state index is 11.0. The molecule has 0 aliphatic carbocycles. The van der Waals surface area contributed by atoms with Gasteiger partial charge in [0.05, 0.1) is 0 Å². The number of hydrogen-bond donors (Lipinski definition) is 2. The monoisotopic (exact) mass is 291 g/mol. The van der Waals surface area contributed by atoms with Crippen LogP contribution in [0, 0.1) is 5.41 Å². The Kier molecular flexibility index (Phi) is 4.70. The Morgan fingerprint density at radius 2 is 2.00 bits per heavy atom. The van der Waals surface area contributed by atoms with Gasteiger partial charge in [-0.2, -0.15) is 0 Å². The molecule has 1 aliphatic rings. The van der Waals surface area contributed by atoms with Gasteiger partial charge in [0.15, 0.2) is 5.17 Å². The summed E-state index contributed by atoms with van der Waals surface area (Å²) < 4.78 is 0. The number of nitrogens with zero attached hydrogens (tertiary/aromatic N) is 1. The Hall–Kier alpha value is -1.49. The molecule has 1 aromatic carbocycles. The molecule has 1 amide bonds. The fourth-order valence-corrected chi connectivity index (χ4v) is 3.44. The summed E-state index contributed by atoms with van der Waals surface area (Å²) in [7, 11) is 0.